The summed E-state index contributed by atoms with van der Waals surface area (Å²) in [4.78, 5) is 16.1. The lowest BCUT2D eigenvalue weighted by Gasteiger charge is -2.27. The van der Waals surface area contributed by atoms with Crippen LogP contribution in [-0.4, -0.2) is 36.7 Å². The molecule has 0 aromatic carbocycles. The van der Waals surface area contributed by atoms with Crippen LogP contribution in [0.5, 0.6) is 0 Å². The maximum Gasteiger partial charge on any atom is 0.253 e. The Morgan fingerprint density at radius 2 is 2.33 bits per heavy atom. The normalized spacial score (nSPS) is 23.4. The minimum absolute atomic E-state index is 0.0655. The molecular formula is C13H19N3O2. The molecule has 1 aromatic rings. The summed E-state index contributed by atoms with van der Waals surface area (Å²) in [7, 11) is 1.80. The van der Waals surface area contributed by atoms with Crippen LogP contribution >= 0.6 is 0 Å². The number of carbonyl (C=O) groups excluding carboxylic acids is 1. The minimum atomic E-state index is -0.0655. The molecule has 2 rings (SSSR count). The average molecular weight is 249 g/mol. The number of nitrogens with zero attached hydrogens (tertiary/aromatic N) is 1. The Hall–Kier alpha value is -1.62. The van der Waals surface area contributed by atoms with Crippen LogP contribution in [0.1, 0.15) is 30.1 Å². The van der Waals surface area contributed by atoms with Gasteiger partial charge < -0.3 is 15.4 Å². The van der Waals surface area contributed by atoms with Crippen LogP contribution in [0.25, 0.3) is 0 Å². The quantitative estimate of drug-likeness (QED) is 0.850. The lowest BCUT2D eigenvalue weighted by atomic mass is 10.0. The van der Waals surface area contributed by atoms with Crippen LogP contribution in [-0.2, 0) is 4.74 Å². The Balaban J connectivity index is 1.94. The van der Waals surface area contributed by atoms with Gasteiger partial charge in [0, 0.05) is 25.9 Å². The van der Waals surface area contributed by atoms with Crippen LogP contribution in [0.3, 0.4) is 0 Å². The first-order chi connectivity index (χ1) is 8.69. The van der Waals surface area contributed by atoms with Gasteiger partial charge >= 0.3 is 0 Å². The van der Waals surface area contributed by atoms with E-state index in [2.05, 4.69) is 15.6 Å². The predicted molar refractivity (Wildman–Crippen MR) is 69.7 cm³/mol. The maximum absolute atomic E-state index is 12.0. The number of ether oxygens (including phenoxy) is 1. The van der Waals surface area contributed by atoms with Crippen molar-refractivity contribution < 1.29 is 9.53 Å². The van der Waals surface area contributed by atoms with Crippen molar-refractivity contribution in [2.24, 2.45) is 0 Å². The molecule has 1 aromatic heterocycles. The Labute approximate surface area is 107 Å². The van der Waals surface area contributed by atoms with E-state index in [4.69, 9.17) is 4.74 Å². The van der Waals surface area contributed by atoms with E-state index in [0.717, 1.165) is 18.7 Å². The molecule has 0 saturated carbocycles. The van der Waals surface area contributed by atoms with Crippen molar-refractivity contribution in [1.82, 2.24) is 10.3 Å². The van der Waals surface area contributed by atoms with Crippen molar-refractivity contribution >= 4 is 11.7 Å². The molecule has 1 saturated heterocycles. The van der Waals surface area contributed by atoms with Gasteiger partial charge in [-0.15, -0.1) is 0 Å². The molecule has 98 valence electrons. The molecule has 18 heavy (non-hydrogen) atoms. The molecule has 2 N–H and O–H groups in total. The first kappa shape index (κ1) is 12.8. The van der Waals surface area contributed by atoms with E-state index in [1.165, 1.54) is 0 Å². The van der Waals surface area contributed by atoms with Crippen molar-refractivity contribution in [2.75, 3.05) is 19.0 Å². The molecule has 1 fully saturated rings. The molecule has 5 heteroatoms. The lowest BCUT2D eigenvalue weighted by molar-refractivity contribution is 0.0136. The molecule has 2 heterocycles. The number of pyridine rings is 1. The summed E-state index contributed by atoms with van der Waals surface area (Å²) in [5, 5.41) is 5.94. The first-order valence-corrected chi connectivity index (χ1v) is 6.25. The van der Waals surface area contributed by atoms with Gasteiger partial charge in [-0.2, -0.15) is 0 Å². The molecule has 1 aliphatic rings. The van der Waals surface area contributed by atoms with Crippen molar-refractivity contribution in [1.29, 1.82) is 0 Å². The third-order valence-corrected chi connectivity index (χ3v) is 3.10. The Morgan fingerprint density at radius 1 is 1.50 bits per heavy atom. The highest BCUT2D eigenvalue weighted by Crippen LogP contribution is 2.14. The number of hydrogen-bond donors (Lipinski definition) is 2. The second kappa shape index (κ2) is 5.82. The maximum atomic E-state index is 12.0. The average Bonchev–Trinajstić information content (AvgIpc) is 2.39. The Morgan fingerprint density at radius 3 is 2.94 bits per heavy atom. The van der Waals surface area contributed by atoms with Gasteiger partial charge in [0.25, 0.3) is 5.91 Å². The minimum Gasteiger partial charge on any atom is -0.378 e. The first-order valence-electron chi connectivity index (χ1n) is 6.25. The summed E-state index contributed by atoms with van der Waals surface area (Å²) in [5.41, 5.74) is 0.591. The highest BCUT2D eigenvalue weighted by Gasteiger charge is 2.21. The summed E-state index contributed by atoms with van der Waals surface area (Å²) >= 11 is 0. The van der Waals surface area contributed by atoms with E-state index in [-0.39, 0.29) is 18.1 Å². The third-order valence-electron chi connectivity index (χ3n) is 3.10. The standard InChI is InChI=1S/C13H19N3O2/c1-9-7-11(5-6-18-9)16-13(17)10-3-4-12(14-2)15-8-10/h3-4,8-9,11H,5-7H2,1-2H3,(H,14,15)(H,16,17). The van der Waals surface area contributed by atoms with Gasteiger partial charge in [0.2, 0.25) is 0 Å². The summed E-state index contributed by atoms with van der Waals surface area (Å²) in [6.07, 6.45) is 3.55. The largest absolute Gasteiger partial charge is 0.378 e. The number of amides is 1. The van der Waals surface area contributed by atoms with Gasteiger partial charge in [0.15, 0.2) is 0 Å². The molecule has 0 bridgehead atoms. The van der Waals surface area contributed by atoms with Crippen LogP contribution in [0, 0.1) is 0 Å². The fourth-order valence-corrected chi connectivity index (χ4v) is 2.07. The highest BCUT2D eigenvalue weighted by molar-refractivity contribution is 5.94. The van der Waals surface area contributed by atoms with Crippen molar-refractivity contribution in [3.05, 3.63) is 23.9 Å². The summed E-state index contributed by atoms with van der Waals surface area (Å²) in [6.45, 7) is 2.74. The molecular weight excluding hydrogens is 230 g/mol. The van der Waals surface area contributed by atoms with Gasteiger partial charge in [-0.05, 0) is 31.9 Å². The van der Waals surface area contributed by atoms with Gasteiger partial charge in [-0.1, -0.05) is 0 Å². The molecule has 0 aliphatic carbocycles. The lowest BCUT2D eigenvalue weighted by Crippen LogP contribution is -2.41. The number of rotatable bonds is 3. The zero-order valence-electron chi connectivity index (χ0n) is 10.8. The van der Waals surface area contributed by atoms with Gasteiger partial charge in [0.05, 0.1) is 11.7 Å². The van der Waals surface area contributed by atoms with E-state index >= 15 is 0 Å². The number of nitrogens with one attached hydrogen (secondary N) is 2. The Bertz CT molecular complexity index is 405. The number of anilines is 1. The predicted octanol–water partition coefficient (Wildman–Crippen LogP) is 1.42. The highest BCUT2D eigenvalue weighted by atomic mass is 16.5. The van der Waals surface area contributed by atoms with E-state index in [1.54, 1.807) is 25.4 Å². The molecule has 1 amide bonds. The van der Waals surface area contributed by atoms with E-state index < -0.39 is 0 Å². The van der Waals surface area contributed by atoms with Crippen molar-refractivity contribution in [3.63, 3.8) is 0 Å². The van der Waals surface area contributed by atoms with Gasteiger partial charge in [-0.25, -0.2) is 4.98 Å². The number of carbonyl (C=O) groups is 1. The molecule has 0 spiro atoms. The van der Waals surface area contributed by atoms with E-state index in [1.807, 2.05) is 6.92 Å². The molecule has 5 nitrogen and oxygen atoms in total. The van der Waals surface area contributed by atoms with Crippen LogP contribution in [0.2, 0.25) is 0 Å². The summed E-state index contributed by atoms with van der Waals surface area (Å²) in [6, 6.07) is 3.77. The van der Waals surface area contributed by atoms with Crippen molar-refractivity contribution in [2.45, 2.75) is 31.9 Å². The van der Waals surface area contributed by atoms with Crippen LogP contribution in [0.4, 0.5) is 5.82 Å². The van der Waals surface area contributed by atoms with Crippen LogP contribution < -0.4 is 10.6 Å². The molecule has 2 unspecified atom stereocenters. The van der Waals surface area contributed by atoms with Gasteiger partial charge in [0.1, 0.15) is 5.82 Å². The summed E-state index contributed by atoms with van der Waals surface area (Å²) in [5.74, 6) is 0.690. The third kappa shape index (κ3) is 3.20. The fourth-order valence-electron chi connectivity index (χ4n) is 2.07. The van der Waals surface area contributed by atoms with E-state index in [0.29, 0.717) is 12.2 Å². The van der Waals surface area contributed by atoms with Crippen LogP contribution in [0.15, 0.2) is 18.3 Å². The number of aromatic nitrogens is 1. The SMILES string of the molecule is CNc1ccc(C(=O)NC2CCOC(C)C2)cn1. The van der Waals surface area contributed by atoms with E-state index in [9.17, 15) is 4.79 Å². The zero-order chi connectivity index (χ0) is 13.0. The summed E-state index contributed by atoms with van der Waals surface area (Å²) < 4.78 is 5.45. The fraction of sp³-hybridized carbons (Fsp3) is 0.538. The van der Waals surface area contributed by atoms with Gasteiger partial charge in [-0.3, -0.25) is 4.79 Å². The second-order valence-electron chi connectivity index (χ2n) is 4.56. The number of hydrogen-bond acceptors (Lipinski definition) is 4. The smallest absolute Gasteiger partial charge is 0.253 e. The monoisotopic (exact) mass is 249 g/mol. The topological polar surface area (TPSA) is 63.2 Å². The van der Waals surface area contributed by atoms with Crippen molar-refractivity contribution in [3.8, 4) is 0 Å². The second-order valence-corrected chi connectivity index (χ2v) is 4.56. The Kier molecular flexibility index (Phi) is 4.15. The molecule has 2 atom stereocenters. The molecule has 1 aliphatic heterocycles. The zero-order valence-corrected chi connectivity index (χ0v) is 10.8. The molecule has 0 radical (unpaired) electrons.